The van der Waals surface area contributed by atoms with Crippen LogP contribution in [0.3, 0.4) is 0 Å². The van der Waals surface area contributed by atoms with Crippen molar-refractivity contribution in [1.29, 1.82) is 0 Å². The molecule has 2 heterocycles. The fraction of sp³-hybridized carbons (Fsp3) is 0.412. The van der Waals surface area contributed by atoms with E-state index in [-0.39, 0.29) is 5.91 Å². The van der Waals surface area contributed by atoms with E-state index in [0.717, 1.165) is 42.3 Å². The van der Waals surface area contributed by atoms with Crippen LogP contribution < -0.4 is 5.32 Å². The van der Waals surface area contributed by atoms with E-state index in [1.54, 1.807) is 0 Å². The minimum atomic E-state index is 0.105. The van der Waals surface area contributed by atoms with Gasteiger partial charge in [-0.05, 0) is 51.1 Å². The monoisotopic (exact) mass is 298 g/mol. The van der Waals surface area contributed by atoms with Crippen LogP contribution in [-0.2, 0) is 0 Å². The summed E-state index contributed by atoms with van der Waals surface area (Å²) in [5, 5.41) is 7.82. The van der Waals surface area contributed by atoms with Crippen LogP contribution >= 0.6 is 0 Å². The molecular weight excluding hydrogens is 276 g/mol. The molecule has 0 spiro atoms. The van der Waals surface area contributed by atoms with Crippen molar-refractivity contribution in [3.8, 4) is 5.69 Å². The van der Waals surface area contributed by atoms with E-state index in [4.69, 9.17) is 0 Å². The lowest BCUT2D eigenvalue weighted by molar-refractivity contribution is 0.0709. The van der Waals surface area contributed by atoms with Crippen molar-refractivity contribution in [3.05, 3.63) is 47.3 Å². The van der Waals surface area contributed by atoms with Crippen LogP contribution in [0.2, 0.25) is 0 Å². The van der Waals surface area contributed by atoms with Gasteiger partial charge in [0.05, 0.1) is 11.4 Å². The molecule has 1 amide bonds. The van der Waals surface area contributed by atoms with Crippen LogP contribution in [0.5, 0.6) is 0 Å². The van der Waals surface area contributed by atoms with Gasteiger partial charge in [-0.2, -0.15) is 5.10 Å². The molecule has 1 aliphatic heterocycles. The summed E-state index contributed by atoms with van der Waals surface area (Å²) < 4.78 is 1.90. The highest BCUT2D eigenvalue weighted by Gasteiger charge is 2.21. The fourth-order valence-electron chi connectivity index (χ4n) is 2.93. The average molecular weight is 298 g/mol. The lowest BCUT2D eigenvalue weighted by atomic mass is 10.1. The molecule has 0 saturated carbocycles. The standard InChI is InChI=1S/C17H22N4O/c1-12-10-14(3)21(19-12)16-6-4-15(5-7-16)17(22)20-9-8-18-13(2)11-20/h4-7,10,13,18H,8-9,11H2,1-3H3. The first-order valence-electron chi connectivity index (χ1n) is 7.71. The molecule has 1 fully saturated rings. The summed E-state index contributed by atoms with van der Waals surface area (Å²) in [6, 6.07) is 10.1. The molecule has 5 nitrogen and oxygen atoms in total. The summed E-state index contributed by atoms with van der Waals surface area (Å²) in [6.45, 7) is 8.50. The number of hydrogen-bond acceptors (Lipinski definition) is 3. The van der Waals surface area contributed by atoms with E-state index < -0.39 is 0 Å². The third-order valence-electron chi connectivity index (χ3n) is 4.02. The van der Waals surface area contributed by atoms with Crippen molar-refractivity contribution < 1.29 is 4.79 Å². The molecule has 1 aromatic carbocycles. The van der Waals surface area contributed by atoms with Crippen LogP contribution in [0.1, 0.15) is 28.7 Å². The molecule has 2 aromatic rings. The van der Waals surface area contributed by atoms with Gasteiger partial charge in [0.1, 0.15) is 0 Å². The third-order valence-corrected chi connectivity index (χ3v) is 4.02. The Morgan fingerprint density at radius 1 is 1.27 bits per heavy atom. The molecule has 0 radical (unpaired) electrons. The van der Waals surface area contributed by atoms with Crippen molar-refractivity contribution >= 4 is 5.91 Å². The Balaban J connectivity index is 1.79. The normalized spacial score (nSPS) is 18.5. The van der Waals surface area contributed by atoms with Crippen LogP contribution in [-0.4, -0.2) is 46.3 Å². The van der Waals surface area contributed by atoms with Gasteiger partial charge in [0.2, 0.25) is 0 Å². The van der Waals surface area contributed by atoms with Crippen molar-refractivity contribution in [1.82, 2.24) is 20.0 Å². The van der Waals surface area contributed by atoms with Crippen LogP contribution in [0.25, 0.3) is 5.69 Å². The van der Waals surface area contributed by atoms with Gasteiger partial charge in [-0.3, -0.25) is 4.79 Å². The molecule has 22 heavy (non-hydrogen) atoms. The minimum absolute atomic E-state index is 0.105. The Kier molecular flexibility index (Phi) is 3.98. The van der Waals surface area contributed by atoms with Crippen molar-refractivity contribution in [3.63, 3.8) is 0 Å². The maximum absolute atomic E-state index is 12.5. The predicted octanol–water partition coefficient (Wildman–Crippen LogP) is 1.92. The van der Waals surface area contributed by atoms with E-state index in [0.29, 0.717) is 6.04 Å². The molecule has 3 rings (SSSR count). The molecule has 1 saturated heterocycles. The van der Waals surface area contributed by atoms with E-state index in [9.17, 15) is 4.79 Å². The number of carbonyl (C=O) groups excluding carboxylic acids is 1. The number of nitrogens with one attached hydrogen (secondary N) is 1. The highest BCUT2D eigenvalue weighted by molar-refractivity contribution is 5.94. The molecule has 1 N–H and O–H groups in total. The number of amides is 1. The van der Waals surface area contributed by atoms with E-state index in [2.05, 4.69) is 17.3 Å². The molecule has 1 unspecified atom stereocenters. The van der Waals surface area contributed by atoms with Gasteiger partial charge in [-0.25, -0.2) is 4.68 Å². The highest BCUT2D eigenvalue weighted by Crippen LogP contribution is 2.15. The average Bonchev–Trinajstić information content (AvgIpc) is 2.85. The minimum Gasteiger partial charge on any atom is -0.336 e. The largest absolute Gasteiger partial charge is 0.336 e. The maximum Gasteiger partial charge on any atom is 0.253 e. The second-order valence-corrected chi connectivity index (χ2v) is 5.99. The van der Waals surface area contributed by atoms with Crippen molar-refractivity contribution in [2.75, 3.05) is 19.6 Å². The van der Waals surface area contributed by atoms with Gasteiger partial charge in [0.15, 0.2) is 0 Å². The summed E-state index contributed by atoms with van der Waals surface area (Å²) in [6.07, 6.45) is 0. The van der Waals surface area contributed by atoms with Gasteiger partial charge in [-0.1, -0.05) is 0 Å². The molecule has 0 aliphatic carbocycles. The number of aromatic nitrogens is 2. The highest BCUT2D eigenvalue weighted by atomic mass is 16.2. The second kappa shape index (κ2) is 5.93. The van der Waals surface area contributed by atoms with Gasteiger partial charge in [0.25, 0.3) is 5.91 Å². The molecule has 0 bridgehead atoms. The van der Waals surface area contributed by atoms with Crippen molar-refractivity contribution in [2.24, 2.45) is 0 Å². The Hall–Kier alpha value is -2.14. The maximum atomic E-state index is 12.5. The van der Waals surface area contributed by atoms with E-state index in [1.807, 2.05) is 53.8 Å². The quantitative estimate of drug-likeness (QED) is 0.921. The van der Waals surface area contributed by atoms with Gasteiger partial charge in [0, 0.05) is 36.9 Å². The molecule has 1 aromatic heterocycles. The number of piperazine rings is 1. The number of rotatable bonds is 2. The molecule has 5 heteroatoms. The second-order valence-electron chi connectivity index (χ2n) is 5.99. The number of aryl methyl sites for hydroxylation is 2. The first-order valence-corrected chi connectivity index (χ1v) is 7.71. The number of hydrogen-bond donors (Lipinski definition) is 1. The molecular formula is C17H22N4O. The summed E-state index contributed by atoms with van der Waals surface area (Å²) in [5.41, 5.74) is 3.80. The van der Waals surface area contributed by atoms with Crippen molar-refractivity contribution in [2.45, 2.75) is 26.8 Å². The lowest BCUT2D eigenvalue weighted by Crippen LogP contribution is -2.51. The van der Waals surface area contributed by atoms with Crippen LogP contribution in [0.15, 0.2) is 30.3 Å². The van der Waals surface area contributed by atoms with Gasteiger partial charge < -0.3 is 10.2 Å². The number of nitrogens with zero attached hydrogens (tertiary/aromatic N) is 3. The Morgan fingerprint density at radius 3 is 2.59 bits per heavy atom. The zero-order valence-electron chi connectivity index (χ0n) is 13.3. The fourth-order valence-corrected chi connectivity index (χ4v) is 2.93. The lowest BCUT2D eigenvalue weighted by Gasteiger charge is -2.32. The topological polar surface area (TPSA) is 50.2 Å². The molecule has 1 atom stereocenters. The van der Waals surface area contributed by atoms with Gasteiger partial charge >= 0.3 is 0 Å². The van der Waals surface area contributed by atoms with Gasteiger partial charge in [-0.15, -0.1) is 0 Å². The summed E-state index contributed by atoms with van der Waals surface area (Å²) in [7, 11) is 0. The Labute approximate surface area is 130 Å². The zero-order valence-corrected chi connectivity index (χ0v) is 13.3. The Bertz CT molecular complexity index is 674. The van der Waals surface area contributed by atoms with Crippen LogP contribution in [0.4, 0.5) is 0 Å². The summed E-state index contributed by atoms with van der Waals surface area (Å²) in [4.78, 5) is 14.5. The SMILES string of the molecule is Cc1cc(C)n(-c2ccc(C(=O)N3CCNC(C)C3)cc2)n1. The third kappa shape index (κ3) is 2.90. The van der Waals surface area contributed by atoms with E-state index in [1.165, 1.54) is 0 Å². The predicted molar refractivity (Wildman–Crippen MR) is 86.4 cm³/mol. The number of benzene rings is 1. The smallest absolute Gasteiger partial charge is 0.253 e. The van der Waals surface area contributed by atoms with E-state index >= 15 is 0 Å². The Morgan fingerprint density at radius 2 is 2.00 bits per heavy atom. The first kappa shape index (κ1) is 14.8. The number of carbonyl (C=O) groups is 1. The van der Waals surface area contributed by atoms with Crippen LogP contribution in [0, 0.1) is 13.8 Å². The zero-order chi connectivity index (χ0) is 15.7. The molecule has 1 aliphatic rings. The first-order chi connectivity index (χ1) is 10.5. The molecule has 116 valence electrons. The summed E-state index contributed by atoms with van der Waals surface area (Å²) in [5.74, 6) is 0.105. The summed E-state index contributed by atoms with van der Waals surface area (Å²) >= 11 is 0.